The van der Waals surface area contributed by atoms with Crippen LogP contribution in [0.3, 0.4) is 0 Å². The number of hydrogen-bond acceptors (Lipinski definition) is 10. The molecule has 0 atom stereocenters. The standard InChI is InChI=1S/C35H38O10/c1-23(2)32(36)42-20-6-18-40-28-12-8-26(9-13-28)34(38)44-30-16-17-31(25(5)22-30)45-35(39)27-10-14-29(15-11-27)41-19-7-21-43-33(37)24(3)4/h8,10-12,14-17,22H,1,3,6-7,9,13,18-21H2,2,4-5H3. The van der Waals surface area contributed by atoms with Gasteiger partial charge in [0, 0.05) is 36.0 Å². The average Bonchev–Trinajstić information content (AvgIpc) is 3.02. The van der Waals surface area contributed by atoms with E-state index in [1.807, 2.05) is 0 Å². The van der Waals surface area contributed by atoms with Gasteiger partial charge in [-0.2, -0.15) is 0 Å². The van der Waals surface area contributed by atoms with E-state index in [0.717, 1.165) is 5.76 Å². The van der Waals surface area contributed by atoms with Crippen molar-refractivity contribution in [3.63, 3.8) is 0 Å². The Morgan fingerprint density at radius 1 is 0.689 bits per heavy atom. The van der Waals surface area contributed by atoms with Crippen molar-refractivity contribution in [1.29, 1.82) is 0 Å². The summed E-state index contributed by atoms with van der Waals surface area (Å²) in [6, 6.07) is 11.2. The highest BCUT2D eigenvalue weighted by Crippen LogP contribution is 2.27. The molecule has 0 amide bonds. The van der Waals surface area contributed by atoms with Gasteiger partial charge in [-0.05, 0) is 87.4 Å². The molecule has 1 aliphatic rings. The van der Waals surface area contributed by atoms with Crippen molar-refractivity contribution in [3.8, 4) is 17.2 Å². The van der Waals surface area contributed by atoms with Crippen molar-refractivity contribution in [3.05, 3.63) is 101 Å². The maximum absolute atomic E-state index is 12.7. The first-order valence-electron chi connectivity index (χ1n) is 14.5. The van der Waals surface area contributed by atoms with Gasteiger partial charge in [0.2, 0.25) is 0 Å². The van der Waals surface area contributed by atoms with E-state index < -0.39 is 23.9 Å². The van der Waals surface area contributed by atoms with Crippen LogP contribution in [0.5, 0.6) is 17.2 Å². The zero-order valence-electron chi connectivity index (χ0n) is 25.8. The van der Waals surface area contributed by atoms with Gasteiger partial charge < -0.3 is 28.4 Å². The lowest BCUT2D eigenvalue weighted by molar-refractivity contribution is -0.140. The second-order valence-electron chi connectivity index (χ2n) is 10.3. The topological polar surface area (TPSA) is 124 Å². The lowest BCUT2D eigenvalue weighted by Gasteiger charge is -2.16. The van der Waals surface area contributed by atoms with Crippen molar-refractivity contribution in [2.45, 2.75) is 46.5 Å². The molecule has 0 spiro atoms. The molecule has 45 heavy (non-hydrogen) atoms. The van der Waals surface area contributed by atoms with Crippen LogP contribution >= 0.6 is 0 Å². The minimum Gasteiger partial charge on any atom is -0.498 e. The Labute approximate surface area is 262 Å². The van der Waals surface area contributed by atoms with E-state index in [1.165, 1.54) is 0 Å². The Bertz CT molecular complexity index is 1480. The third kappa shape index (κ3) is 11.5. The van der Waals surface area contributed by atoms with E-state index in [-0.39, 0.29) is 13.2 Å². The SMILES string of the molecule is C=C(C)C(=O)OCCCOC1=CC=C(C(=O)Oc2ccc(OC(=O)c3ccc(OCCCOC(=O)C(=C)C)cc3)c(C)c2)CC1. The molecule has 0 fully saturated rings. The number of ether oxygens (including phenoxy) is 6. The third-order valence-corrected chi connectivity index (χ3v) is 6.32. The van der Waals surface area contributed by atoms with Gasteiger partial charge in [0.15, 0.2) is 0 Å². The molecular weight excluding hydrogens is 580 g/mol. The van der Waals surface area contributed by atoms with Crippen LogP contribution in [0.1, 0.15) is 55.5 Å². The van der Waals surface area contributed by atoms with Crippen molar-refractivity contribution < 1.29 is 47.6 Å². The highest BCUT2D eigenvalue weighted by atomic mass is 16.5. The summed E-state index contributed by atoms with van der Waals surface area (Å²) in [5.74, 6) is 0.0708. The average molecular weight is 619 g/mol. The molecule has 0 radical (unpaired) electrons. The molecule has 238 valence electrons. The fraction of sp³-hybridized carbons (Fsp3) is 0.314. The maximum atomic E-state index is 12.7. The molecular formula is C35H38O10. The molecule has 2 aromatic rings. The molecule has 3 rings (SSSR count). The normalized spacial score (nSPS) is 12.2. The number of hydrogen-bond donors (Lipinski definition) is 0. The minimum atomic E-state index is -0.550. The van der Waals surface area contributed by atoms with Crippen molar-refractivity contribution in [1.82, 2.24) is 0 Å². The Hall–Kier alpha value is -5.12. The zero-order valence-corrected chi connectivity index (χ0v) is 25.8. The fourth-order valence-electron chi connectivity index (χ4n) is 3.81. The van der Waals surface area contributed by atoms with Crippen molar-refractivity contribution in [2.24, 2.45) is 0 Å². The summed E-state index contributed by atoms with van der Waals surface area (Å²) in [5, 5.41) is 0. The highest BCUT2D eigenvalue weighted by Gasteiger charge is 2.18. The molecule has 0 unspecified atom stereocenters. The van der Waals surface area contributed by atoms with E-state index in [4.69, 9.17) is 28.4 Å². The molecule has 1 aliphatic carbocycles. The largest absolute Gasteiger partial charge is 0.498 e. The van der Waals surface area contributed by atoms with Gasteiger partial charge in [0.1, 0.15) is 17.2 Å². The Morgan fingerprint density at radius 3 is 1.84 bits per heavy atom. The lowest BCUT2D eigenvalue weighted by atomic mass is 10.0. The second-order valence-corrected chi connectivity index (χ2v) is 10.3. The third-order valence-electron chi connectivity index (χ3n) is 6.32. The molecule has 0 aromatic heterocycles. The summed E-state index contributed by atoms with van der Waals surface area (Å²) < 4.78 is 32.4. The number of allylic oxidation sites excluding steroid dienone is 3. The number of esters is 4. The molecule has 0 heterocycles. The van der Waals surface area contributed by atoms with Gasteiger partial charge in [-0.1, -0.05) is 13.2 Å². The number of carbonyl (C=O) groups is 4. The second kappa shape index (κ2) is 17.2. The smallest absolute Gasteiger partial charge is 0.343 e. The molecule has 2 aromatic carbocycles. The summed E-state index contributed by atoms with van der Waals surface area (Å²) in [6.07, 6.45) is 5.45. The van der Waals surface area contributed by atoms with E-state index in [9.17, 15) is 19.2 Å². The van der Waals surface area contributed by atoms with Gasteiger partial charge in [-0.25, -0.2) is 19.2 Å². The van der Waals surface area contributed by atoms with Gasteiger partial charge in [0.05, 0.1) is 37.8 Å². The predicted octanol–water partition coefficient (Wildman–Crippen LogP) is 6.14. The van der Waals surface area contributed by atoms with E-state index >= 15 is 0 Å². The first-order chi connectivity index (χ1) is 21.5. The van der Waals surface area contributed by atoms with Crippen molar-refractivity contribution >= 4 is 23.9 Å². The van der Waals surface area contributed by atoms with E-state index in [1.54, 1.807) is 75.4 Å². The molecule has 0 saturated carbocycles. The first kappa shape index (κ1) is 34.4. The summed E-state index contributed by atoms with van der Waals surface area (Å²) in [5.41, 5.74) is 2.15. The quantitative estimate of drug-likeness (QED) is 0.0938. The van der Waals surface area contributed by atoms with Gasteiger partial charge in [-0.3, -0.25) is 0 Å². The van der Waals surface area contributed by atoms with Crippen LogP contribution in [0.15, 0.2) is 90.3 Å². The van der Waals surface area contributed by atoms with Crippen LogP contribution < -0.4 is 14.2 Å². The molecule has 10 nitrogen and oxygen atoms in total. The van der Waals surface area contributed by atoms with Crippen LogP contribution in [-0.4, -0.2) is 50.3 Å². The first-order valence-corrected chi connectivity index (χ1v) is 14.5. The highest BCUT2D eigenvalue weighted by molar-refractivity contribution is 5.92. The van der Waals surface area contributed by atoms with Gasteiger partial charge in [0.25, 0.3) is 0 Å². The van der Waals surface area contributed by atoms with Crippen LogP contribution in [0.25, 0.3) is 0 Å². The van der Waals surface area contributed by atoms with Crippen LogP contribution in [0.4, 0.5) is 0 Å². The fourth-order valence-corrected chi connectivity index (χ4v) is 3.81. The Morgan fingerprint density at radius 2 is 1.29 bits per heavy atom. The monoisotopic (exact) mass is 618 g/mol. The van der Waals surface area contributed by atoms with Gasteiger partial charge in [-0.15, -0.1) is 0 Å². The van der Waals surface area contributed by atoms with Crippen LogP contribution in [0.2, 0.25) is 0 Å². The predicted molar refractivity (Wildman–Crippen MR) is 166 cm³/mol. The van der Waals surface area contributed by atoms with Gasteiger partial charge >= 0.3 is 23.9 Å². The molecule has 0 aliphatic heterocycles. The zero-order chi connectivity index (χ0) is 32.8. The van der Waals surface area contributed by atoms with Crippen LogP contribution in [-0.2, 0) is 28.6 Å². The summed E-state index contributed by atoms with van der Waals surface area (Å²) in [6.45, 7) is 13.2. The molecule has 0 saturated heterocycles. The molecule has 10 heteroatoms. The minimum absolute atomic E-state index is 0.221. The van der Waals surface area contributed by atoms with Crippen molar-refractivity contribution in [2.75, 3.05) is 26.4 Å². The summed E-state index contributed by atoms with van der Waals surface area (Å²) >= 11 is 0. The summed E-state index contributed by atoms with van der Waals surface area (Å²) in [7, 11) is 0. The van der Waals surface area contributed by atoms with E-state index in [2.05, 4.69) is 13.2 Å². The summed E-state index contributed by atoms with van der Waals surface area (Å²) in [4.78, 5) is 48.1. The number of benzene rings is 2. The number of rotatable bonds is 16. The lowest BCUT2D eigenvalue weighted by Crippen LogP contribution is -2.14. The van der Waals surface area contributed by atoms with E-state index in [0.29, 0.717) is 84.0 Å². The number of carbonyl (C=O) groups excluding carboxylic acids is 4. The Kier molecular flexibility index (Phi) is 13.2. The molecule has 0 bridgehead atoms. The Balaban J connectivity index is 1.43. The number of aryl methyl sites for hydroxylation is 1. The van der Waals surface area contributed by atoms with Crippen LogP contribution in [0, 0.1) is 6.92 Å². The maximum Gasteiger partial charge on any atom is 0.343 e. The molecule has 0 N–H and O–H groups in total.